The van der Waals surface area contributed by atoms with Crippen LogP contribution in [0.2, 0.25) is 0 Å². The molecule has 4 N–H and O–H groups in total. The zero-order valence-electron chi connectivity index (χ0n) is 16.6. The number of aromatic amines is 1. The maximum atomic E-state index is 12.2. The number of benzene rings is 1. The Balaban J connectivity index is 1.74. The van der Waals surface area contributed by atoms with Crippen molar-refractivity contribution in [3.8, 4) is 17.0 Å². The number of carboxylic acids is 1. The smallest absolute Gasteiger partial charge is 0.345 e. The molecule has 2 heterocycles. The number of carbonyl (C=O) groups is 1. The fourth-order valence-electron chi connectivity index (χ4n) is 3.88. The number of aromatic hydroxyl groups is 1. The first-order valence-corrected chi connectivity index (χ1v) is 9.91. The van der Waals surface area contributed by atoms with Crippen LogP contribution in [0.15, 0.2) is 29.1 Å². The summed E-state index contributed by atoms with van der Waals surface area (Å²) in [6.45, 7) is 3.65. The highest BCUT2D eigenvalue weighted by atomic mass is 16.4. The first-order chi connectivity index (χ1) is 13.9. The summed E-state index contributed by atoms with van der Waals surface area (Å²) in [5.41, 5.74) is 2.44. The van der Waals surface area contributed by atoms with E-state index < -0.39 is 22.8 Å². The Morgan fingerprint density at radius 2 is 2.07 bits per heavy atom. The normalized spacial score (nSPS) is 13.9. The fraction of sp³-hybridized carbons (Fsp3) is 0.364. The lowest BCUT2D eigenvalue weighted by atomic mass is 9.99. The summed E-state index contributed by atoms with van der Waals surface area (Å²) >= 11 is 0. The molecule has 1 saturated carbocycles. The number of fused-ring (bicyclic) bond motifs is 1. The van der Waals surface area contributed by atoms with Gasteiger partial charge in [0, 0.05) is 35.8 Å². The lowest BCUT2D eigenvalue weighted by molar-refractivity contribution is 0.0691. The molecule has 0 aliphatic heterocycles. The molecule has 1 aromatic carbocycles. The predicted octanol–water partition coefficient (Wildman–Crippen LogP) is 3.00. The van der Waals surface area contributed by atoms with Crippen molar-refractivity contribution in [2.45, 2.75) is 32.7 Å². The highest BCUT2D eigenvalue weighted by Gasteiger charge is 2.22. The van der Waals surface area contributed by atoms with Crippen molar-refractivity contribution in [2.75, 3.05) is 6.54 Å². The van der Waals surface area contributed by atoms with Gasteiger partial charge in [-0.1, -0.05) is 13.0 Å². The summed E-state index contributed by atoms with van der Waals surface area (Å²) < 4.78 is 2.15. The zero-order chi connectivity index (χ0) is 20.7. The Morgan fingerprint density at radius 3 is 2.72 bits per heavy atom. The number of hydrogen-bond acceptors (Lipinski definition) is 4. The van der Waals surface area contributed by atoms with Gasteiger partial charge in [-0.25, -0.2) is 4.79 Å². The van der Waals surface area contributed by atoms with E-state index in [1.807, 2.05) is 32.2 Å². The molecule has 0 amide bonds. The molecule has 7 heteroatoms. The number of nitrogens with zero attached hydrogens (tertiary/aromatic N) is 1. The summed E-state index contributed by atoms with van der Waals surface area (Å²) in [5.74, 6) is -1.08. The number of H-pyrrole nitrogens is 1. The highest BCUT2D eigenvalue weighted by molar-refractivity contribution is 5.92. The zero-order valence-corrected chi connectivity index (χ0v) is 16.6. The van der Waals surface area contributed by atoms with Gasteiger partial charge in [0.05, 0.1) is 5.69 Å². The van der Waals surface area contributed by atoms with Crippen LogP contribution in [0.3, 0.4) is 0 Å². The maximum absolute atomic E-state index is 12.2. The van der Waals surface area contributed by atoms with E-state index in [-0.39, 0.29) is 0 Å². The van der Waals surface area contributed by atoms with Crippen molar-refractivity contribution in [1.82, 2.24) is 14.9 Å². The van der Waals surface area contributed by atoms with E-state index in [1.54, 1.807) is 0 Å². The molecule has 0 saturated heterocycles. The van der Waals surface area contributed by atoms with E-state index in [0.717, 1.165) is 35.5 Å². The topological polar surface area (TPSA) is 107 Å². The van der Waals surface area contributed by atoms with E-state index in [4.69, 9.17) is 0 Å². The summed E-state index contributed by atoms with van der Waals surface area (Å²) in [5, 5.41) is 24.1. The number of pyridine rings is 1. The minimum Gasteiger partial charge on any atom is -0.506 e. The van der Waals surface area contributed by atoms with E-state index in [2.05, 4.69) is 20.9 Å². The summed E-state index contributed by atoms with van der Waals surface area (Å²) in [6, 6.07) is 7.95. The Labute approximate surface area is 168 Å². The number of aromatic nitrogens is 2. The summed E-state index contributed by atoms with van der Waals surface area (Å²) in [4.78, 5) is 26.2. The third-order valence-electron chi connectivity index (χ3n) is 5.72. The molecule has 1 aliphatic carbocycles. The lowest BCUT2D eigenvalue weighted by Crippen LogP contribution is -2.20. The minimum atomic E-state index is -1.44. The molecule has 0 atom stereocenters. The van der Waals surface area contributed by atoms with Crippen LogP contribution in [0.25, 0.3) is 22.2 Å². The van der Waals surface area contributed by atoms with E-state index in [1.165, 1.54) is 18.5 Å². The van der Waals surface area contributed by atoms with Gasteiger partial charge < -0.3 is 25.1 Å². The minimum absolute atomic E-state index is 0.390. The molecule has 2 aromatic heterocycles. The lowest BCUT2D eigenvalue weighted by Gasteiger charge is -2.12. The monoisotopic (exact) mass is 395 g/mol. The number of aryl methyl sites for hydroxylation is 1. The standard InChI is InChI=1S/C22H25N3O4/c1-3-16-19(24-21(27)18(20(16)26)22(28)29)13-6-7-17-14(8-13)9-15(25(17)2)11-23-10-12-4-5-12/h6-9,12,23H,3-5,10-11H2,1-2H3,(H,28,29)(H2,24,26,27). The largest absolute Gasteiger partial charge is 0.506 e. The molecule has 4 rings (SSSR count). The van der Waals surface area contributed by atoms with Gasteiger partial charge >= 0.3 is 5.97 Å². The van der Waals surface area contributed by atoms with Crippen LogP contribution >= 0.6 is 0 Å². The second-order valence-corrected chi connectivity index (χ2v) is 7.73. The Morgan fingerprint density at radius 1 is 1.31 bits per heavy atom. The molecule has 1 fully saturated rings. The molecule has 0 spiro atoms. The number of carboxylic acid groups (broad SMARTS) is 1. The third kappa shape index (κ3) is 3.53. The van der Waals surface area contributed by atoms with E-state index >= 15 is 0 Å². The van der Waals surface area contributed by atoms with Gasteiger partial charge in [-0.05, 0) is 55.5 Å². The Bertz CT molecular complexity index is 1160. The number of hydrogen-bond donors (Lipinski definition) is 4. The van der Waals surface area contributed by atoms with Crippen LogP contribution in [-0.4, -0.2) is 32.3 Å². The number of aromatic carboxylic acids is 1. The van der Waals surface area contributed by atoms with Crippen molar-refractivity contribution in [3.05, 3.63) is 51.4 Å². The first kappa shape index (κ1) is 19.3. The quantitative estimate of drug-likeness (QED) is 0.492. The Kier molecular flexibility index (Phi) is 4.92. The fourth-order valence-corrected chi connectivity index (χ4v) is 3.88. The summed E-state index contributed by atoms with van der Waals surface area (Å²) in [7, 11) is 2.03. The van der Waals surface area contributed by atoms with E-state index in [0.29, 0.717) is 17.7 Å². The molecule has 29 heavy (non-hydrogen) atoms. The van der Waals surface area contributed by atoms with Crippen molar-refractivity contribution >= 4 is 16.9 Å². The SMILES string of the molecule is CCc1c(-c2ccc3c(c2)cc(CNCC2CC2)n3C)[nH]c(=O)c(C(=O)O)c1O. The van der Waals surface area contributed by atoms with Gasteiger partial charge in [0.2, 0.25) is 0 Å². The highest BCUT2D eigenvalue weighted by Crippen LogP contribution is 2.32. The van der Waals surface area contributed by atoms with Crippen molar-refractivity contribution in [2.24, 2.45) is 13.0 Å². The van der Waals surface area contributed by atoms with Gasteiger partial charge in [-0.2, -0.15) is 0 Å². The third-order valence-corrected chi connectivity index (χ3v) is 5.72. The molecule has 152 valence electrons. The average Bonchev–Trinajstić information content (AvgIpc) is 3.45. The van der Waals surface area contributed by atoms with Gasteiger partial charge in [-0.15, -0.1) is 0 Å². The molecule has 0 radical (unpaired) electrons. The van der Waals surface area contributed by atoms with Crippen molar-refractivity contribution in [3.63, 3.8) is 0 Å². The van der Waals surface area contributed by atoms with Crippen LogP contribution in [0.1, 0.15) is 41.4 Å². The first-order valence-electron chi connectivity index (χ1n) is 9.91. The molecule has 7 nitrogen and oxygen atoms in total. The van der Waals surface area contributed by atoms with Crippen LogP contribution in [0.5, 0.6) is 5.75 Å². The van der Waals surface area contributed by atoms with Crippen LogP contribution in [0, 0.1) is 5.92 Å². The number of nitrogens with one attached hydrogen (secondary N) is 2. The predicted molar refractivity (Wildman–Crippen MR) is 111 cm³/mol. The molecular formula is C22H25N3O4. The van der Waals surface area contributed by atoms with Gasteiger partial charge in [-0.3, -0.25) is 4.79 Å². The van der Waals surface area contributed by atoms with Crippen LogP contribution < -0.4 is 10.9 Å². The maximum Gasteiger partial charge on any atom is 0.345 e. The Hall–Kier alpha value is -3.06. The van der Waals surface area contributed by atoms with Gasteiger partial charge in [0.1, 0.15) is 5.75 Å². The van der Waals surface area contributed by atoms with Gasteiger partial charge in [0.25, 0.3) is 5.56 Å². The molecule has 3 aromatic rings. The molecule has 0 unspecified atom stereocenters. The van der Waals surface area contributed by atoms with Crippen LogP contribution in [-0.2, 0) is 20.0 Å². The van der Waals surface area contributed by atoms with Gasteiger partial charge in [0.15, 0.2) is 5.56 Å². The van der Waals surface area contributed by atoms with Crippen molar-refractivity contribution < 1.29 is 15.0 Å². The number of rotatable bonds is 7. The molecule has 1 aliphatic rings. The van der Waals surface area contributed by atoms with Crippen LogP contribution in [0.4, 0.5) is 0 Å². The second-order valence-electron chi connectivity index (χ2n) is 7.73. The molecular weight excluding hydrogens is 370 g/mol. The molecule has 0 bridgehead atoms. The van der Waals surface area contributed by atoms with E-state index in [9.17, 15) is 19.8 Å². The van der Waals surface area contributed by atoms with Crippen molar-refractivity contribution in [1.29, 1.82) is 0 Å². The second kappa shape index (κ2) is 7.40. The average molecular weight is 395 g/mol. The summed E-state index contributed by atoms with van der Waals surface area (Å²) in [6.07, 6.45) is 3.02.